The van der Waals surface area contributed by atoms with Crippen molar-refractivity contribution in [1.82, 2.24) is 5.32 Å². The van der Waals surface area contributed by atoms with Gasteiger partial charge in [0.05, 0.1) is 12.0 Å². The van der Waals surface area contributed by atoms with Gasteiger partial charge >= 0.3 is 0 Å². The molecule has 1 aromatic carbocycles. The molecular weight excluding hydrogens is 261 g/mol. The topological polar surface area (TPSA) is 21.3 Å². The highest BCUT2D eigenvalue weighted by atomic mass is 32.1. The normalized spacial score (nSPS) is 12.4. The molecule has 1 unspecified atom stereocenters. The van der Waals surface area contributed by atoms with E-state index < -0.39 is 0 Å². The van der Waals surface area contributed by atoms with Crippen LogP contribution in [0.3, 0.4) is 0 Å². The Morgan fingerprint density at radius 3 is 2.89 bits per heavy atom. The Morgan fingerprint density at radius 2 is 2.21 bits per heavy atom. The zero-order chi connectivity index (χ0) is 13.7. The smallest absolute Gasteiger partial charge is 0.134 e. The van der Waals surface area contributed by atoms with Crippen molar-refractivity contribution >= 4 is 11.3 Å². The van der Waals surface area contributed by atoms with Crippen molar-refractivity contribution < 1.29 is 9.13 Å². The van der Waals surface area contributed by atoms with Gasteiger partial charge in [0, 0.05) is 6.04 Å². The highest BCUT2D eigenvalue weighted by Gasteiger charge is 2.17. The maximum absolute atomic E-state index is 13.2. The molecule has 0 aliphatic heterocycles. The number of hydrogen-bond donors (Lipinski definition) is 1. The number of halogens is 1. The van der Waals surface area contributed by atoms with E-state index >= 15 is 0 Å². The number of likely N-dealkylation sites (N-methyl/N-ethyl adjacent to an activating group) is 1. The Kier molecular flexibility index (Phi) is 4.93. The van der Waals surface area contributed by atoms with Gasteiger partial charge in [-0.1, -0.05) is 19.1 Å². The van der Waals surface area contributed by atoms with E-state index in [9.17, 15) is 4.39 Å². The fourth-order valence-electron chi connectivity index (χ4n) is 2.14. The van der Waals surface area contributed by atoms with E-state index in [2.05, 4.69) is 12.2 Å². The monoisotopic (exact) mass is 279 g/mol. The van der Waals surface area contributed by atoms with E-state index in [0.29, 0.717) is 0 Å². The zero-order valence-electron chi connectivity index (χ0n) is 11.2. The molecule has 0 radical (unpaired) electrons. The third-order valence-corrected chi connectivity index (χ3v) is 3.98. The van der Waals surface area contributed by atoms with Gasteiger partial charge in [-0.15, -0.1) is 11.3 Å². The largest absolute Gasteiger partial charge is 0.496 e. The summed E-state index contributed by atoms with van der Waals surface area (Å²) in [7, 11) is 1.68. The van der Waals surface area contributed by atoms with Crippen LogP contribution in [0.5, 0.6) is 5.75 Å². The second kappa shape index (κ2) is 6.68. The molecule has 19 heavy (non-hydrogen) atoms. The lowest BCUT2D eigenvalue weighted by molar-refractivity contribution is 0.403. The van der Waals surface area contributed by atoms with Gasteiger partial charge in [-0.3, -0.25) is 0 Å². The summed E-state index contributed by atoms with van der Waals surface area (Å²) in [6, 6.07) is 8.88. The summed E-state index contributed by atoms with van der Waals surface area (Å²) < 4.78 is 18.6. The summed E-state index contributed by atoms with van der Waals surface area (Å²) in [5.74, 6) is 0.707. The van der Waals surface area contributed by atoms with E-state index in [0.717, 1.165) is 29.2 Å². The number of ether oxygens (including phenoxy) is 1. The average Bonchev–Trinajstić information content (AvgIpc) is 2.86. The Morgan fingerprint density at radius 1 is 1.37 bits per heavy atom. The van der Waals surface area contributed by atoms with Crippen LogP contribution in [0.15, 0.2) is 35.7 Å². The van der Waals surface area contributed by atoms with Crippen LogP contribution in [-0.2, 0) is 6.42 Å². The van der Waals surface area contributed by atoms with Crippen LogP contribution in [0.25, 0.3) is 0 Å². The van der Waals surface area contributed by atoms with Crippen molar-refractivity contribution in [3.05, 3.63) is 52.0 Å². The maximum atomic E-state index is 13.2. The van der Waals surface area contributed by atoms with Crippen molar-refractivity contribution in [2.24, 2.45) is 0 Å². The van der Waals surface area contributed by atoms with Crippen molar-refractivity contribution in [2.75, 3.05) is 13.7 Å². The Balaban J connectivity index is 2.21. The minimum Gasteiger partial charge on any atom is -0.496 e. The second-order valence-electron chi connectivity index (χ2n) is 4.30. The molecule has 2 nitrogen and oxygen atoms in total. The number of thiophene rings is 1. The lowest BCUT2D eigenvalue weighted by atomic mass is 10.0. The average molecular weight is 279 g/mol. The van der Waals surface area contributed by atoms with Crippen LogP contribution in [0, 0.1) is 5.82 Å². The van der Waals surface area contributed by atoms with E-state index in [1.54, 1.807) is 30.6 Å². The Hall–Kier alpha value is -1.39. The number of hydrogen-bond acceptors (Lipinski definition) is 3. The van der Waals surface area contributed by atoms with Gasteiger partial charge in [-0.25, -0.2) is 4.39 Å². The number of methoxy groups -OCH3 is 1. The van der Waals surface area contributed by atoms with E-state index in [-0.39, 0.29) is 11.9 Å². The quantitative estimate of drug-likeness (QED) is 0.868. The first-order valence-corrected chi connectivity index (χ1v) is 7.21. The highest BCUT2D eigenvalue weighted by Crippen LogP contribution is 2.32. The first-order valence-electron chi connectivity index (χ1n) is 6.33. The molecule has 0 bridgehead atoms. The van der Waals surface area contributed by atoms with Crippen LogP contribution in [0.1, 0.15) is 23.4 Å². The molecule has 4 heteroatoms. The van der Waals surface area contributed by atoms with E-state index in [1.165, 1.54) is 6.07 Å². The van der Waals surface area contributed by atoms with Crippen molar-refractivity contribution in [1.29, 1.82) is 0 Å². The van der Waals surface area contributed by atoms with Gasteiger partial charge in [0.2, 0.25) is 0 Å². The molecule has 1 atom stereocenters. The molecule has 0 saturated carbocycles. The SMILES string of the molecule is CCNC(Cc1cccc(F)c1)c1sccc1OC. The minimum atomic E-state index is -0.189. The first-order chi connectivity index (χ1) is 9.24. The molecule has 0 saturated heterocycles. The van der Waals surface area contributed by atoms with Crippen LogP contribution in [0.4, 0.5) is 4.39 Å². The summed E-state index contributed by atoms with van der Waals surface area (Å²) in [4.78, 5) is 1.16. The summed E-state index contributed by atoms with van der Waals surface area (Å²) >= 11 is 1.66. The van der Waals surface area contributed by atoms with Gasteiger partial charge in [0.25, 0.3) is 0 Å². The molecule has 2 rings (SSSR count). The lowest BCUT2D eigenvalue weighted by Crippen LogP contribution is -2.22. The first kappa shape index (κ1) is 14.0. The van der Waals surface area contributed by atoms with E-state index in [4.69, 9.17) is 4.74 Å². The summed E-state index contributed by atoms with van der Waals surface area (Å²) in [5, 5.41) is 5.45. The maximum Gasteiger partial charge on any atom is 0.134 e. The predicted molar refractivity (Wildman–Crippen MR) is 77.4 cm³/mol. The lowest BCUT2D eigenvalue weighted by Gasteiger charge is -2.18. The van der Waals surface area contributed by atoms with Gasteiger partial charge in [-0.05, 0) is 42.1 Å². The zero-order valence-corrected chi connectivity index (χ0v) is 12.0. The van der Waals surface area contributed by atoms with Crippen molar-refractivity contribution in [3.63, 3.8) is 0 Å². The van der Waals surface area contributed by atoms with Crippen molar-refractivity contribution in [2.45, 2.75) is 19.4 Å². The molecule has 0 fully saturated rings. The molecule has 0 aliphatic carbocycles. The Bertz CT molecular complexity index is 526. The summed E-state index contributed by atoms with van der Waals surface area (Å²) in [6.45, 7) is 2.93. The van der Waals surface area contributed by atoms with Gasteiger partial charge in [0.15, 0.2) is 0 Å². The van der Waals surface area contributed by atoms with Gasteiger partial charge < -0.3 is 10.1 Å². The molecule has 0 spiro atoms. The number of benzene rings is 1. The molecule has 102 valence electrons. The molecule has 0 amide bonds. The Labute approximate surface area is 117 Å². The predicted octanol–water partition coefficient (Wildman–Crippen LogP) is 3.79. The molecule has 0 aliphatic rings. The van der Waals surface area contributed by atoms with Crippen LogP contribution in [-0.4, -0.2) is 13.7 Å². The standard InChI is InChI=1S/C15H18FNOS/c1-3-17-13(15-14(18-2)7-8-19-15)10-11-5-4-6-12(16)9-11/h4-9,13,17H,3,10H2,1-2H3. The fourth-order valence-corrected chi connectivity index (χ4v) is 3.07. The van der Waals surface area contributed by atoms with E-state index in [1.807, 2.05) is 17.5 Å². The molecule has 1 N–H and O–H groups in total. The van der Waals surface area contributed by atoms with Crippen LogP contribution < -0.4 is 10.1 Å². The van der Waals surface area contributed by atoms with Crippen molar-refractivity contribution in [3.8, 4) is 5.75 Å². The third kappa shape index (κ3) is 3.55. The van der Waals surface area contributed by atoms with Gasteiger partial charge in [0.1, 0.15) is 11.6 Å². The molecule has 1 aromatic heterocycles. The molecule has 1 heterocycles. The van der Waals surface area contributed by atoms with Gasteiger partial charge in [-0.2, -0.15) is 0 Å². The van der Waals surface area contributed by atoms with Crippen LogP contribution >= 0.6 is 11.3 Å². The fraction of sp³-hybridized carbons (Fsp3) is 0.333. The summed E-state index contributed by atoms with van der Waals surface area (Å²) in [5.41, 5.74) is 0.987. The summed E-state index contributed by atoms with van der Waals surface area (Å²) in [6.07, 6.45) is 0.752. The molecular formula is C15H18FNOS. The minimum absolute atomic E-state index is 0.154. The number of nitrogens with one attached hydrogen (secondary N) is 1. The highest BCUT2D eigenvalue weighted by molar-refractivity contribution is 7.10. The molecule has 2 aromatic rings. The second-order valence-corrected chi connectivity index (χ2v) is 5.25. The van der Waals surface area contributed by atoms with Crippen LogP contribution in [0.2, 0.25) is 0 Å². The third-order valence-electron chi connectivity index (χ3n) is 2.97. The number of rotatable bonds is 6.